The fourth-order valence-electron chi connectivity index (χ4n) is 3.19. The van der Waals surface area contributed by atoms with Crippen LogP contribution in [0.1, 0.15) is 38.5 Å². The second kappa shape index (κ2) is 7.64. The molecule has 2 aliphatic rings. The zero-order chi connectivity index (χ0) is 15.2. The molecule has 2 fully saturated rings. The van der Waals surface area contributed by atoms with Crippen molar-refractivity contribution in [3.8, 4) is 0 Å². The van der Waals surface area contributed by atoms with E-state index in [1.807, 2.05) is 16.8 Å². The summed E-state index contributed by atoms with van der Waals surface area (Å²) < 4.78 is 5.34. The summed E-state index contributed by atoms with van der Waals surface area (Å²) in [6.45, 7) is 2.96. The molecule has 0 aromatic rings. The first-order valence-corrected chi connectivity index (χ1v) is 7.89. The third-order valence-electron chi connectivity index (χ3n) is 4.69. The van der Waals surface area contributed by atoms with Crippen LogP contribution >= 0.6 is 0 Å². The first kappa shape index (κ1) is 16.1. The molecule has 0 bridgehead atoms. The van der Waals surface area contributed by atoms with Crippen LogP contribution in [0.3, 0.4) is 0 Å². The van der Waals surface area contributed by atoms with Gasteiger partial charge in [0.15, 0.2) is 0 Å². The Balaban J connectivity index is 1.75. The lowest BCUT2D eigenvalue weighted by Crippen LogP contribution is -2.50. The zero-order valence-electron chi connectivity index (χ0n) is 12.8. The number of carboxylic acid groups (broad SMARTS) is 1. The summed E-state index contributed by atoms with van der Waals surface area (Å²) in [6.07, 6.45) is 4.63. The second-order valence-electron chi connectivity index (χ2n) is 6.10. The minimum atomic E-state index is -0.729. The molecule has 0 aromatic heterocycles. The summed E-state index contributed by atoms with van der Waals surface area (Å²) >= 11 is 0. The molecule has 0 aromatic carbocycles. The Morgan fingerprint density at radius 1 is 1.19 bits per heavy atom. The van der Waals surface area contributed by atoms with Crippen LogP contribution < -0.4 is 0 Å². The molecule has 0 spiro atoms. The van der Waals surface area contributed by atoms with Crippen molar-refractivity contribution < 1.29 is 19.4 Å². The minimum absolute atomic E-state index is 0.110. The molecule has 2 heterocycles. The van der Waals surface area contributed by atoms with Crippen LogP contribution in [-0.2, 0) is 9.53 Å². The van der Waals surface area contributed by atoms with Crippen LogP contribution in [0.5, 0.6) is 0 Å². The molecular formula is C15H26N2O4. The average Bonchev–Trinajstić information content (AvgIpc) is 2.53. The maximum atomic E-state index is 12.5. The van der Waals surface area contributed by atoms with Crippen molar-refractivity contribution in [2.24, 2.45) is 5.92 Å². The molecule has 2 saturated heterocycles. The van der Waals surface area contributed by atoms with E-state index in [-0.39, 0.29) is 18.5 Å². The summed E-state index contributed by atoms with van der Waals surface area (Å²) in [6, 6.07) is 0.398. The number of carbonyl (C=O) groups is 2. The number of rotatable bonds is 4. The van der Waals surface area contributed by atoms with Crippen molar-refractivity contribution in [2.75, 3.05) is 33.4 Å². The van der Waals surface area contributed by atoms with Gasteiger partial charge in [-0.3, -0.25) is 4.79 Å². The van der Waals surface area contributed by atoms with Crippen molar-refractivity contribution in [1.82, 2.24) is 9.80 Å². The number of urea groups is 1. The van der Waals surface area contributed by atoms with E-state index in [0.717, 1.165) is 58.4 Å². The Morgan fingerprint density at radius 3 is 2.38 bits per heavy atom. The van der Waals surface area contributed by atoms with E-state index in [4.69, 9.17) is 9.84 Å². The monoisotopic (exact) mass is 298 g/mol. The smallest absolute Gasteiger partial charge is 0.319 e. The number of hydrogen-bond acceptors (Lipinski definition) is 3. The second-order valence-corrected chi connectivity index (χ2v) is 6.10. The molecular weight excluding hydrogens is 272 g/mol. The molecule has 2 rings (SSSR count). The largest absolute Gasteiger partial charge is 0.481 e. The van der Waals surface area contributed by atoms with Crippen LogP contribution in [0.4, 0.5) is 4.79 Å². The third kappa shape index (κ3) is 4.59. The number of nitrogens with zero attached hydrogens (tertiary/aromatic N) is 2. The van der Waals surface area contributed by atoms with E-state index in [1.54, 1.807) is 0 Å². The molecule has 0 atom stereocenters. The van der Waals surface area contributed by atoms with E-state index in [2.05, 4.69) is 0 Å². The first-order valence-electron chi connectivity index (χ1n) is 7.89. The molecule has 2 amide bonds. The van der Waals surface area contributed by atoms with Gasteiger partial charge in [0.2, 0.25) is 0 Å². The summed E-state index contributed by atoms with van der Waals surface area (Å²) in [5, 5.41) is 8.72. The third-order valence-corrected chi connectivity index (χ3v) is 4.69. The van der Waals surface area contributed by atoms with Gasteiger partial charge < -0.3 is 19.6 Å². The molecule has 6 heteroatoms. The maximum Gasteiger partial charge on any atom is 0.319 e. The van der Waals surface area contributed by atoms with Gasteiger partial charge >= 0.3 is 12.0 Å². The number of piperidine rings is 1. The number of amides is 2. The molecule has 0 radical (unpaired) electrons. The number of aliphatic carboxylic acids is 1. The van der Waals surface area contributed by atoms with E-state index in [0.29, 0.717) is 5.92 Å². The van der Waals surface area contributed by atoms with Gasteiger partial charge in [0.05, 0.1) is 0 Å². The molecule has 0 aliphatic carbocycles. The molecule has 0 saturated carbocycles. The van der Waals surface area contributed by atoms with Crippen LogP contribution in [-0.4, -0.2) is 66.3 Å². The topological polar surface area (TPSA) is 70.1 Å². The average molecular weight is 298 g/mol. The van der Waals surface area contributed by atoms with Crippen molar-refractivity contribution in [3.05, 3.63) is 0 Å². The van der Waals surface area contributed by atoms with Gasteiger partial charge in [0.25, 0.3) is 0 Å². The normalized spacial score (nSPS) is 21.3. The highest BCUT2D eigenvalue weighted by atomic mass is 16.5. The molecule has 1 N–H and O–H groups in total. The standard InChI is InChI=1S/C15H26N2O4/c1-16(13-6-10-21-11-7-13)15(20)17-8-4-12(5-9-17)2-3-14(18)19/h12-13H,2-11H2,1H3,(H,18,19). The van der Waals surface area contributed by atoms with Gasteiger partial charge in [-0.15, -0.1) is 0 Å². The molecule has 120 valence electrons. The predicted molar refractivity (Wildman–Crippen MR) is 78.2 cm³/mol. The summed E-state index contributed by atoms with van der Waals surface area (Å²) in [4.78, 5) is 26.9. The van der Waals surface area contributed by atoms with Crippen molar-refractivity contribution in [1.29, 1.82) is 0 Å². The van der Waals surface area contributed by atoms with Gasteiger partial charge in [-0.05, 0) is 38.0 Å². The van der Waals surface area contributed by atoms with Crippen LogP contribution in [0.2, 0.25) is 0 Å². The maximum absolute atomic E-state index is 12.5. The fraction of sp³-hybridized carbons (Fsp3) is 0.867. The van der Waals surface area contributed by atoms with Crippen molar-refractivity contribution >= 4 is 12.0 Å². The Hall–Kier alpha value is -1.30. The number of hydrogen-bond donors (Lipinski definition) is 1. The van der Waals surface area contributed by atoms with Gasteiger partial charge in [0.1, 0.15) is 0 Å². The van der Waals surface area contributed by atoms with Gasteiger partial charge in [-0.25, -0.2) is 4.79 Å². The quantitative estimate of drug-likeness (QED) is 0.859. The lowest BCUT2D eigenvalue weighted by atomic mass is 9.92. The molecule has 21 heavy (non-hydrogen) atoms. The molecule has 6 nitrogen and oxygen atoms in total. The minimum Gasteiger partial charge on any atom is -0.481 e. The summed E-state index contributed by atoms with van der Waals surface area (Å²) in [5.41, 5.74) is 0. The Morgan fingerprint density at radius 2 is 1.81 bits per heavy atom. The molecule has 0 unspecified atom stereocenters. The fourth-order valence-corrected chi connectivity index (χ4v) is 3.19. The van der Waals surface area contributed by atoms with E-state index in [1.165, 1.54) is 0 Å². The van der Waals surface area contributed by atoms with E-state index < -0.39 is 5.97 Å². The summed E-state index contributed by atoms with van der Waals surface area (Å²) in [5.74, 6) is -0.286. The zero-order valence-corrected chi connectivity index (χ0v) is 12.8. The van der Waals surface area contributed by atoms with Crippen LogP contribution in [0.25, 0.3) is 0 Å². The van der Waals surface area contributed by atoms with Gasteiger partial charge in [-0.1, -0.05) is 0 Å². The van der Waals surface area contributed by atoms with E-state index >= 15 is 0 Å². The number of carbonyl (C=O) groups excluding carboxylic acids is 1. The highest BCUT2D eigenvalue weighted by molar-refractivity contribution is 5.74. The Labute approximate surface area is 126 Å². The van der Waals surface area contributed by atoms with E-state index in [9.17, 15) is 9.59 Å². The highest BCUT2D eigenvalue weighted by Crippen LogP contribution is 2.23. The lowest BCUT2D eigenvalue weighted by Gasteiger charge is -2.38. The number of ether oxygens (including phenoxy) is 1. The first-order chi connectivity index (χ1) is 10.1. The van der Waals surface area contributed by atoms with Crippen molar-refractivity contribution in [2.45, 2.75) is 44.6 Å². The molecule has 2 aliphatic heterocycles. The lowest BCUT2D eigenvalue weighted by molar-refractivity contribution is -0.137. The highest BCUT2D eigenvalue weighted by Gasteiger charge is 2.29. The van der Waals surface area contributed by atoms with Gasteiger partial charge in [0, 0.05) is 45.8 Å². The van der Waals surface area contributed by atoms with Crippen molar-refractivity contribution in [3.63, 3.8) is 0 Å². The predicted octanol–water partition coefficient (Wildman–Crippen LogP) is 1.79. The van der Waals surface area contributed by atoms with Crippen LogP contribution in [0, 0.1) is 5.92 Å². The van der Waals surface area contributed by atoms with Gasteiger partial charge in [-0.2, -0.15) is 0 Å². The Kier molecular flexibility index (Phi) is 5.85. The summed E-state index contributed by atoms with van der Waals surface area (Å²) in [7, 11) is 1.88. The Bertz CT molecular complexity index is 361. The number of carboxylic acids is 1. The number of likely N-dealkylation sites (tertiary alicyclic amines) is 1. The SMILES string of the molecule is CN(C(=O)N1CCC(CCC(=O)O)CC1)C1CCOCC1. The van der Waals surface area contributed by atoms with Crippen LogP contribution in [0.15, 0.2) is 0 Å².